The lowest BCUT2D eigenvalue weighted by Gasteiger charge is -2.35. The average Bonchev–Trinajstić information content (AvgIpc) is 0.808. The molecule has 5 fully saturated rings. The molecule has 0 radical (unpaired) electrons. The number of nitrogens with one attached hydrogen (secondary N) is 10. The summed E-state index contributed by atoms with van der Waals surface area (Å²) in [4.78, 5) is 153. The molecule has 0 bridgehead atoms. The Morgan fingerprint density at radius 1 is 0.270 bits per heavy atom. The molecule has 36 nitrogen and oxygen atoms in total. The lowest BCUT2D eigenvalue weighted by atomic mass is 10.0. The maximum atomic E-state index is 12.8. The number of amides is 10. The molecule has 36 heteroatoms. The highest BCUT2D eigenvalue weighted by Gasteiger charge is 2.30. The first-order chi connectivity index (χ1) is 72.0. The molecular formula is C112H114N20O16. The predicted octanol–water partition coefficient (Wildman–Crippen LogP) is 14.1. The number of para-hydroxylation sites is 1. The summed E-state index contributed by atoms with van der Waals surface area (Å²) >= 11 is 0. The van der Waals surface area contributed by atoms with E-state index in [9.17, 15) is 47.9 Å². The number of carbonyl (C=O) groups excluding carboxylic acids is 10. The molecule has 0 unspecified atom stereocenters. The van der Waals surface area contributed by atoms with E-state index in [4.69, 9.17) is 30.8 Å². The van der Waals surface area contributed by atoms with Crippen molar-refractivity contribution in [2.75, 3.05) is 97.1 Å². The maximum Gasteiger partial charge on any atom is 0.276 e. The summed E-state index contributed by atoms with van der Waals surface area (Å²) in [5.41, 5.74) is 16.4. The topological polar surface area (TPSA) is 482 Å². The van der Waals surface area contributed by atoms with E-state index in [1.54, 1.807) is 107 Å². The number of anilines is 5. The van der Waals surface area contributed by atoms with Gasteiger partial charge < -0.3 is 55.8 Å². The van der Waals surface area contributed by atoms with Gasteiger partial charge in [-0.2, -0.15) is 0 Å². The first kappa shape index (κ1) is 103. The van der Waals surface area contributed by atoms with Crippen molar-refractivity contribution in [2.24, 2.45) is 0 Å². The van der Waals surface area contributed by atoms with Crippen molar-refractivity contribution in [3.63, 3.8) is 0 Å². The number of hydroxylamine groups is 5. The van der Waals surface area contributed by atoms with Crippen molar-refractivity contribution >= 4 is 142 Å². The van der Waals surface area contributed by atoms with E-state index in [0.29, 0.717) is 61.6 Å². The molecule has 0 atom stereocenters. The zero-order valence-corrected chi connectivity index (χ0v) is 81.4. The number of methoxy groups -OCH3 is 1. The smallest absolute Gasteiger partial charge is 0.276 e. The highest BCUT2D eigenvalue weighted by Crippen LogP contribution is 2.32. The number of benzene rings is 10. The molecule has 0 saturated carbocycles. The van der Waals surface area contributed by atoms with Crippen molar-refractivity contribution in [3.05, 3.63) is 353 Å². The monoisotopic (exact) mass is 1990 g/mol. The minimum atomic E-state index is -0.598. The van der Waals surface area contributed by atoms with Gasteiger partial charge >= 0.3 is 0 Å². The normalized spacial score (nSPS) is 14.5. The summed E-state index contributed by atoms with van der Waals surface area (Å²) in [6.45, 7) is 9.73. The number of pyridine rings is 5. The molecule has 5 aliphatic rings. The zero-order valence-electron chi connectivity index (χ0n) is 81.4. The summed E-state index contributed by atoms with van der Waals surface area (Å²) < 4.78 is 5.43. The Morgan fingerprint density at radius 2 is 0.574 bits per heavy atom. The molecule has 20 rings (SSSR count). The van der Waals surface area contributed by atoms with Crippen LogP contribution < -0.4 is 83.2 Å². The minimum absolute atomic E-state index is 0.0301. The van der Waals surface area contributed by atoms with Crippen LogP contribution in [0.3, 0.4) is 0 Å². The second-order valence-corrected chi connectivity index (χ2v) is 36.5. The number of hydrogen-bond acceptors (Lipinski definition) is 26. The van der Waals surface area contributed by atoms with Gasteiger partial charge in [0.2, 0.25) is 0 Å². The first-order valence-electron chi connectivity index (χ1n) is 48.9. The minimum Gasteiger partial charge on any atom is -0.496 e. The van der Waals surface area contributed by atoms with Crippen LogP contribution in [-0.4, -0.2) is 213 Å². The summed E-state index contributed by atoms with van der Waals surface area (Å²) in [5.74, 6) is -0.395. The first-order valence-corrected chi connectivity index (χ1v) is 48.9. The number of ether oxygens (including phenoxy) is 1. The third kappa shape index (κ3) is 26.6. The Morgan fingerprint density at radius 3 is 0.946 bits per heavy atom. The number of fused-ring (bicyclic) bond motifs is 5. The quantitative estimate of drug-likeness (QED) is 0.0235. The summed E-state index contributed by atoms with van der Waals surface area (Å²) in [6, 6.07) is 83.4. The Labute approximate surface area is 852 Å². The fraction of sp³-hybridized carbons (Fsp3) is 0.241. The van der Waals surface area contributed by atoms with Crippen molar-refractivity contribution in [1.82, 2.24) is 78.9 Å². The van der Waals surface area contributed by atoms with E-state index < -0.39 is 29.5 Å². The standard InChI is InChI=1S/C24H25N3O3.C23H23N3O3.C22H23N5O4.C22H22N4O3.C21H21N5O3/c1-16-14-19(24(29)26-30)8-9-22(16)27-12-10-21(11-13-27)25-23(28)20-7-6-17-4-2-3-5-18(17)15-20;27-22(19-6-5-16-3-1-2-4-18(16)15-19)24-20-11-13-26(14-12-20)21-9-7-17(8-10-21)23(28)25-29;1-31-19-12-18(25-17-5-3-2-4-16(17)19)22(29)24-15-8-10-27(11-9-15)20-7-6-14(13-23-20)21(28)26-30;27-21(17-6-5-15-3-1-2-4-16(15)13-17)24-19-9-11-26(12-10-19)20-8-7-18(14-23-20)22(28)25-29;27-20(25-29)16-5-6-19(23-13-16)26-9-7-17(8-10-26)24-21(28)18-11-14-3-1-2-4-15(14)12-22-18/h2-9,14-15,21,30H,10-13H2,1H3,(H,25,28)(H,26,29);1-10,15,20,29H,11-14H2,(H,24,27)(H,25,28);2-7,12-13,15,30H,8-11H2,1H3,(H,24,29)(H,26,28);1-8,13-14,19,29H,9-12H2,(H,24,27)(H,25,28);1-6,11-13,17,29H,7-10H2,(H,24,28)(H,25,27). The van der Waals surface area contributed by atoms with Gasteiger partial charge in [0.15, 0.2) is 0 Å². The van der Waals surface area contributed by atoms with E-state index in [1.165, 1.54) is 18.6 Å². The van der Waals surface area contributed by atoms with E-state index in [0.717, 1.165) is 213 Å². The van der Waals surface area contributed by atoms with Gasteiger partial charge in [0.25, 0.3) is 59.1 Å². The van der Waals surface area contributed by atoms with Crippen LogP contribution in [0.2, 0.25) is 0 Å². The highest BCUT2D eigenvalue weighted by molar-refractivity contribution is 6.03. The molecule has 10 aromatic carbocycles. The number of piperidine rings is 5. The van der Waals surface area contributed by atoms with Gasteiger partial charge in [-0.25, -0.2) is 47.3 Å². The van der Waals surface area contributed by atoms with Crippen LogP contribution in [0.1, 0.15) is 174 Å². The number of aromatic nitrogens is 5. The van der Waals surface area contributed by atoms with Gasteiger partial charge in [0.1, 0.15) is 34.6 Å². The van der Waals surface area contributed by atoms with Crippen LogP contribution in [0.25, 0.3) is 54.0 Å². The third-order valence-electron chi connectivity index (χ3n) is 27.0. The molecule has 5 aliphatic heterocycles. The molecule has 0 aliphatic carbocycles. The van der Waals surface area contributed by atoms with Crippen molar-refractivity contribution in [1.29, 1.82) is 0 Å². The number of rotatable bonds is 21. The Hall–Kier alpha value is -17.5. The van der Waals surface area contributed by atoms with E-state index in [2.05, 4.69) is 76.0 Å². The number of carbonyl (C=O) groups is 10. The molecule has 10 amide bonds. The van der Waals surface area contributed by atoms with Crippen LogP contribution in [-0.2, 0) is 0 Å². The molecule has 10 heterocycles. The van der Waals surface area contributed by atoms with Gasteiger partial charge in [-0.3, -0.25) is 79.0 Å². The number of aryl methyl sites for hydroxylation is 1. The Kier molecular flexibility index (Phi) is 34.7. The molecule has 5 aromatic heterocycles. The summed E-state index contributed by atoms with van der Waals surface area (Å²) in [5, 5.41) is 68.5. The van der Waals surface area contributed by atoms with Crippen LogP contribution in [0, 0.1) is 6.92 Å². The van der Waals surface area contributed by atoms with E-state index in [1.807, 2.05) is 207 Å². The average molecular weight is 2000 g/mol. The molecular weight excluding hydrogens is 1880 g/mol. The second kappa shape index (κ2) is 49.7. The number of nitrogens with zero attached hydrogens (tertiary/aromatic N) is 10. The number of hydrogen-bond donors (Lipinski definition) is 15. The second-order valence-electron chi connectivity index (χ2n) is 36.5. The van der Waals surface area contributed by atoms with E-state index in [-0.39, 0.29) is 65.3 Å². The van der Waals surface area contributed by atoms with Gasteiger partial charge in [-0.15, -0.1) is 0 Å². The summed E-state index contributed by atoms with van der Waals surface area (Å²) in [6.07, 6.45) is 14.2. The van der Waals surface area contributed by atoms with Crippen LogP contribution >= 0.6 is 0 Å². The molecule has 15 N–H and O–H groups in total. The van der Waals surface area contributed by atoms with Crippen LogP contribution in [0.5, 0.6) is 5.75 Å². The lowest BCUT2D eigenvalue weighted by Crippen LogP contribution is -2.45. The fourth-order valence-electron chi connectivity index (χ4n) is 18.7. The maximum absolute atomic E-state index is 12.8. The van der Waals surface area contributed by atoms with Crippen molar-refractivity contribution in [2.45, 2.75) is 101 Å². The van der Waals surface area contributed by atoms with Crippen LogP contribution in [0.4, 0.5) is 28.8 Å². The zero-order chi connectivity index (χ0) is 104. The highest BCUT2D eigenvalue weighted by atomic mass is 16.5. The summed E-state index contributed by atoms with van der Waals surface area (Å²) in [7, 11) is 1.58. The van der Waals surface area contributed by atoms with Crippen molar-refractivity contribution in [3.8, 4) is 5.75 Å². The fourth-order valence-corrected chi connectivity index (χ4v) is 18.7. The van der Waals surface area contributed by atoms with Gasteiger partial charge in [0, 0.05) is 176 Å². The molecule has 758 valence electrons. The van der Waals surface area contributed by atoms with E-state index >= 15 is 0 Å². The Bertz CT molecular complexity index is 6860. The lowest BCUT2D eigenvalue weighted by molar-refractivity contribution is 0.0701. The molecule has 148 heavy (non-hydrogen) atoms. The van der Waals surface area contributed by atoms with Gasteiger partial charge in [-0.05, 0) is 248 Å². The molecule has 0 spiro atoms. The van der Waals surface area contributed by atoms with Gasteiger partial charge in [-0.1, -0.05) is 127 Å². The van der Waals surface area contributed by atoms with Crippen molar-refractivity contribution < 1.29 is 78.7 Å². The molecule has 15 aromatic rings. The predicted molar refractivity (Wildman–Crippen MR) is 562 cm³/mol. The van der Waals surface area contributed by atoms with Crippen LogP contribution in [0.15, 0.2) is 292 Å². The van der Waals surface area contributed by atoms with Gasteiger partial charge in [0.05, 0.1) is 29.3 Å². The Balaban J connectivity index is 0.000000132. The third-order valence-corrected chi connectivity index (χ3v) is 27.0. The molecule has 5 saturated heterocycles. The largest absolute Gasteiger partial charge is 0.496 e. The SMILES string of the molecule is COc1cc(C(=O)NC2CCN(c3ccc(C(=O)NO)cn3)CC2)nc2ccccc12.Cc1cc(C(=O)NO)ccc1N1CCC(NC(=O)c2ccc3ccccc3c2)CC1.O=C(NO)c1ccc(N2CCC(NC(=O)c3cc4ccccc4cn3)CC2)nc1.O=C(NO)c1ccc(N2CCC(NC(=O)c3ccc4ccccc4c3)CC2)cc1.O=C(NO)c1ccc(N2CCC(NC(=O)c3ccc4ccccc4c3)CC2)nc1.